The number of para-hydroxylation sites is 1. The van der Waals surface area contributed by atoms with Crippen molar-refractivity contribution in [1.29, 1.82) is 5.26 Å². The SMILES string of the molecule is CC(Sc1nnnn1CC1CCCO1)/C(O)=C(\C#N)c1nc2ccccc2s1. The largest absolute Gasteiger partial charge is 0.510 e. The lowest BCUT2D eigenvalue weighted by Gasteiger charge is -2.13. The Hall–Kier alpha value is -2.48. The molecule has 1 aliphatic rings. The average Bonchev–Trinajstić information content (AvgIpc) is 3.44. The number of hydrogen-bond acceptors (Lipinski definition) is 9. The standard InChI is InChI=1S/C18H18N6O2S2/c1-11(27-18-21-22-23-24(18)10-12-5-4-8-26-12)16(25)13(9-19)17-20-14-6-2-3-7-15(14)28-17/h2-3,6-7,11-12,25H,4-5,8,10H2,1H3/b16-13-. The first-order valence-corrected chi connectivity index (χ1v) is 10.6. The van der Waals surface area contributed by atoms with Crippen molar-refractivity contribution < 1.29 is 9.84 Å². The number of tetrazole rings is 1. The minimum Gasteiger partial charge on any atom is -0.510 e. The van der Waals surface area contributed by atoms with E-state index in [-0.39, 0.29) is 17.4 Å². The van der Waals surface area contributed by atoms with Crippen LogP contribution < -0.4 is 0 Å². The number of aromatic nitrogens is 5. The van der Waals surface area contributed by atoms with Gasteiger partial charge in [0.25, 0.3) is 0 Å². The molecular weight excluding hydrogens is 396 g/mol. The van der Waals surface area contributed by atoms with E-state index >= 15 is 0 Å². The molecule has 1 saturated heterocycles. The first kappa shape index (κ1) is 18.9. The molecule has 1 aromatic carbocycles. The van der Waals surface area contributed by atoms with Gasteiger partial charge in [-0.05, 0) is 42.3 Å². The Bertz CT molecular complexity index is 1010. The Morgan fingerprint density at radius 3 is 3.11 bits per heavy atom. The van der Waals surface area contributed by atoms with Crippen molar-refractivity contribution in [3.05, 3.63) is 35.0 Å². The molecule has 2 unspecified atom stereocenters. The summed E-state index contributed by atoms with van der Waals surface area (Å²) in [5.74, 6) is -0.0294. The molecule has 0 spiro atoms. The second-order valence-electron chi connectivity index (χ2n) is 6.40. The third kappa shape index (κ3) is 3.87. The normalized spacial score (nSPS) is 18.8. The topological polar surface area (TPSA) is 110 Å². The lowest BCUT2D eigenvalue weighted by Crippen LogP contribution is -2.17. The lowest BCUT2D eigenvalue weighted by molar-refractivity contribution is 0.0911. The molecule has 8 nitrogen and oxygen atoms in total. The zero-order valence-corrected chi connectivity index (χ0v) is 16.8. The van der Waals surface area contributed by atoms with E-state index in [0.29, 0.717) is 16.7 Å². The van der Waals surface area contributed by atoms with Crippen LogP contribution in [0.15, 0.2) is 35.2 Å². The summed E-state index contributed by atoms with van der Waals surface area (Å²) in [6, 6.07) is 9.75. The van der Waals surface area contributed by atoms with Crippen LogP contribution in [-0.2, 0) is 11.3 Å². The average molecular weight is 415 g/mol. The van der Waals surface area contributed by atoms with Crippen LogP contribution in [0.25, 0.3) is 15.8 Å². The van der Waals surface area contributed by atoms with E-state index in [1.54, 1.807) is 4.68 Å². The molecule has 28 heavy (non-hydrogen) atoms. The highest BCUT2D eigenvalue weighted by atomic mass is 32.2. The van der Waals surface area contributed by atoms with Crippen LogP contribution in [0.3, 0.4) is 0 Å². The number of benzene rings is 1. The molecule has 2 atom stereocenters. The van der Waals surface area contributed by atoms with Crippen LogP contribution in [0.5, 0.6) is 0 Å². The molecule has 0 radical (unpaired) electrons. The summed E-state index contributed by atoms with van der Waals surface area (Å²) in [5, 5.41) is 32.9. The number of ether oxygens (including phenoxy) is 1. The fraction of sp³-hybridized carbons (Fsp3) is 0.389. The third-order valence-corrected chi connectivity index (χ3v) is 6.58. The smallest absolute Gasteiger partial charge is 0.210 e. The van der Waals surface area contributed by atoms with Crippen LogP contribution in [0.4, 0.5) is 0 Å². The van der Waals surface area contributed by atoms with Gasteiger partial charge in [0, 0.05) is 6.61 Å². The molecule has 144 valence electrons. The molecule has 0 amide bonds. The van der Waals surface area contributed by atoms with E-state index in [9.17, 15) is 10.4 Å². The number of thiazole rings is 1. The molecule has 4 rings (SSSR count). The second kappa shape index (κ2) is 8.26. The molecule has 3 aromatic rings. The number of aliphatic hydroxyl groups is 1. The van der Waals surface area contributed by atoms with E-state index in [4.69, 9.17) is 4.74 Å². The van der Waals surface area contributed by atoms with Crippen molar-refractivity contribution in [2.45, 2.75) is 42.8 Å². The van der Waals surface area contributed by atoms with Gasteiger partial charge in [-0.25, -0.2) is 9.67 Å². The summed E-state index contributed by atoms with van der Waals surface area (Å²) in [6.07, 6.45) is 2.14. The van der Waals surface area contributed by atoms with Crippen molar-refractivity contribution >= 4 is 38.9 Å². The number of nitrogens with zero attached hydrogens (tertiary/aromatic N) is 6. The number of fused-ring (bicyclic) bond motifs is 1. The van der Waals surface area contributed by atoms with Gasteiger partial charge in [-0.3, -0.25) is 0 Å². The van der Waals surface area contributed by atoms with Crippen LogP contribution in [0.2, 0.25) is 0 Å². The highest BCUT2D eigenvalue weighted by Gasteiger charge is 2.23. The van der Waals surface area contributed by atoms with Crippen molar-refractivity contribution in [1.82, 2.24) is 25.2 Å². The summed E-state index contributed by atoms with van der Waals surface area (Å²) in [4.78, 5) is 4.48. The maximum absolute atomic E-state index is 10.7. The lowest BCUT2D eigenvalue weighted by atomic mass is 10.2. The van der Waals surface area contributed by atoms with Gasteiger partial charge in [-0.15, -0.1) is 16.4 Å². The number of aliphatic hydroxyl groups excluding tert-OH is 1. The number of thioether (sulfide) groups is 1. The van der Waals surface area contributed by atoms with Gasteiger partial charge in [0.05, 0.1) is 28.1 Å². The number of rotatable bonds is 6. The fourth-order valence-corrected chi connectivity index (χ4v) is 4.82. The molecule has 1 aliphatic heterocycles. The van der Waals surface area contributed by atoms with Crippen LogP contribution >= 0.6 is 23.1 Å². The zero-order valence-electron chi connectivity index (χ0n) is 15.1. The Kier molecular flexibility index (Phi) is 5.57. The van der Waals surface area contributed by atoms with Gasteiger partial charge in [-0.2, -0.15) is 5.26 Å². The Balaban J connectivity index is 1.55. The van der Waals surface area contributed by atoms with E-state index in [1.165, 1.54) is 23.1 Å². The van der Waals surface area contributed by atoms with E-state index in [1.807, 2.05) is 31.2 Å². The maximum atomic E-state index is 10.7. The molecule has 0 saturated carbocycles. The highest BCUT2D eigenvalue weighted by molar-refractivity contribution is 7.99. The number of allylic oxidation sites excluding steroid dienone is 1. The van der Waals surface area contributed by atoms with Crippen molar-refractivity contribution in [3.8, 4) is 6.07 Å². The van der Waals surface area contributed by atoms with Gasteiger partial charge >= 0.3 is 0 Å². The van der Waals surface area contributed by atoms with Crippen molar-refractivity contribution in [3.63, 3.8) is 0 Å². The Morgan fingerprint density at radius 1 is 1.50 bits per heavy atom. The van der Waals surface area contributed by atoms with Gasteiger partial charge in [0.1, 0.15) is 22.4 Å². The summed E-state index contributed by atoms with van der Waals surface area (Å²) in [7, 11) is 0. The van der Waals surface area contributed by atoms with Crippen LogP contribution in [-0.4, -0.2) is 48.3 Å². The molecule has 1 fully saturated rings. The zero-order chi connectivity index (χ0) is 19.5. The third-order valence-electron chi connectivity index (χ3n) is 4.44. The molecular formula is C18H18N6O2S2. The highest BCUT2D eigenvalue weighted by Crippen LogP contribution is 2.33. The van der Waals surface area contributed by atoms with Crippen LogP contribution in [0, 0.1) is 11.3 Å². The minimum absolute atomic E-state index is 0.0294. The fourth-order valence-electron chi connectivity index (χ4n) is 2.99. The van der Waals surface area contributed by atoms with Crippen LogP contribution in [0.1, 0.15) is 24.8 Å². The summed E-state index contributed by atoms with van der Waals surface area (Å²) < 4.78 is 8.30. The molecule has 0 bridgehead atoms. The number of nitriles is 1. The monoisotopic (exact) mass is 414 g/mol. The predicted molar refractivity (Wildman–Crippen MR) is 107 cm³/mol. The van der Waals surface area contributed by atoms with Gasteiger partial charge in [0.15, 0.2) is 0 Å². The van der Waals surface area contributed by atoms with Crippen molar-refractivity contribution in [2.24, 2.45) is 0 Å². The second-order valence-corrected chi connectivity index (χ2v) is 8.74. The quantitative estimate of drug-likeness (QED) is 0.371. The van der Waals surface area contributed by atoms with E-state index < -0.39 is 5.25 Å². The molecule has 3 heterocycles. The molecule has 2 aromatic heterocycles. The summed E-state index contributed by atoms with van der Waals surface area (Å²) in [6.45, 7) is 3.16. The first-order chi connectivity index (χ1) is 13.7. The minimum atomic E-state index is -0.407. The summed E-state index contributed by atoms with van der Waals surface area (Å²) >= 11 is 2.69. The summed E-state index contributed by atoms with van der Waals surface area (Å²) in [5.41, 5.74) is 0.989. The maximum Gasteiger partial charge on any atom is 0.210 e. The first-order valence-electron chi connectivity index (χ1n) is 8.89. The molecule has 1 N–H and O–H groups in total. The molecule has 0 aliphatic carbocycles. The predicted octanol–water partition coefficient (Wildman–Crippen LogP) is 3.44. The van der Waals surface area contributed by atoms with Gasteiger partial charge in [-0.1, -0.05) is 23.9 Å². The van der Waals surface area contributed by atoms with Crippen molar-refractivity contribution in [2.75, 3.05) is 6.61 Å². The number of hydrogen-bond donors (Lipinski definition) is 1. The Morgan fingerprint density at radius 2 is 2.36 bits per heavy atom. The van der Waals surface area contributed by atoms with E-state index in [0.717, 1.165) is 29.7 Å². The van der Waals surface area contributed by atoms with E-state index in [2.05, 4.69) is 26.6 Å². The molecule has 10 heteroatoms. The Labute approximate surface area is 169 Å². The van der Waals surface area contributed by atoms with Gasteiger partial charge in [0.2, 0.25) is 5.16 Å². The van der Waals surface area contributed by atoms with Gasteiger partial charge < -0.3 is 9.84 Å².